The molecule has 0 amide bonds. The Balaban J connectivity index is 1.93. The van der Waals surface area contributed by atoms with Crippen molar-refractivity contribution in [3.05, 3.63) is 29.3 Å². The van der Waals surface area contributed by atoms with Gasteiger partial charge >= 0.3 is 0 Å². The Morgan fingerprint density at radius 3 is 3.10 bits per heavy atom. The summed E-state index contributed by atoms with van der Waals surface area (Å²) in [7, 11) is 3.91. The van der Waals surface area contributed by atoms with Crippen molar-refractivity contribution in [2.45, 2.75) is 50.0 Å². The van der Waals surface area contributed by atoms with Crippen molar-refractivity contribution in [3.63, 3.8) is 0 Å². The molecule has 3 aliphatic rings. The second-order valence-electron chi connectivity index (χ2n) is 6.82. The summed E-state index contributed by atoms with van der Waals surface area (Å²) >= 11 is 0. The first-order valence-electron chi connectivity index (χ1n) is 8.49. The quantitative estimate of drug-likeness (QED) is 0.777. The van der Waals surface area contributed by atoms with Gasteiger partial charge in [0, 0.05) is 12.8 Å². The highest BCUT2D eigenvalue weighted by molar-refractivity contribution is 5.45. The van der Waals surface area contributed by atoms with Gasteiger partial charge in [-0.2, -0.15) is 0 Å². The summed E-state index contributed by atoms with van der Waals surface area (Å²) in [5, 5.41) is 0. The van der Waals surface area contributed by atoms with Crippen LogP contribution in [0.15, 0.2) is 18.2 Å². The van der Waals surface area contributed by atoms with Crippen LogP contribution in [0.5, 0.6) is 5.75 Å². The first-order valence-corrected chi connectivity index (χ1v) is 7.99. The predicted octanol–water partition coefficient (Wildman–Crippen LogP) is 3.38. The minimum atomic E-state index is -0.403. The van der Waals surface area contributed by atoms with Crippen LogP contribution < -0.4 is 4.74 Å². The number of likely N-dealkylation sites (tertiary alicyclic amines) is 1. The Morgan fingerprint density at radius 2 is 2.25 bits per heavy atom. The third-order valence-corrected chi connectivity index (χ3v) is 6.04. The molecule has 1 aromatic carbocycles. The SMILES string of the molecule is [2H][C@]12Cc3ccc(OC)cc3[C@@]3(CCCCC31)CCN2C. The van der Waals surface area contributed by atoms with Crippen molar-refractivity contribution in [1.82, 2.24) is 4.90 Å². The zero-order valence-corrected chi connectivity index (χ0v) is 12.6. The van der Waals surface area contributed by atoms with Crippen LogP contribution in [0.2, 0.25) is 0 Å². The molecule has 2 aliphatic carbocycles. The minimum absolute atomic E-state index is 0.231. The number of fused-ring (bicyclic) bond motifs is 1. The molecule has 2 fully saturated rings. The fourth-order valence-corrected chi connectivity index (χ4v) is 5.01. The lowest BCUT2D eigenvalue weighted by Gasteiger charge is -2.58. The number of likely N-dealkylation sites (N-methyl/N-ethyl adjacent to an activating group) is 1. The molecule has 0 spiro atoms. The highest BCUT2D eigenvalue weighted by Gasteiger charge is 2.53. The summed E-state index contributed by atoms with van der Waals surface area (Å²) in [5.41, 5.74) is 3.12. The van der Waals surface area contributed by atoms with Gasteiger partial charge in [-0.15, -0.1) is 0 Å². The van der Waals surface area contributed by atoms with Gasteiger partial charge in [0.05, 0.1) is 7.11 Å². The molecule has 108 valence electrons. The first kappa shape index (κ1) is 11.6. The van der Waals surface area contributed by atoms with E-state index in [2.05, 4.69) is 30.1 Å². The topological polar surface area (TPSA) is 12.5 Å². The van der Waals surface area contributed by atoms with Gasteiger partial charge in [0.1, 0.15) is 5.75 Å². The summed E-state index contributed by atoms with van der Waals surface area (Å²) in [6, 6.07) is 6.15. The van der Waals surface area contributed by atoms with Crippen molar-refractivity contribution in [2.24, 2.45) is 5.92 Å². The standard InChI is InChI=1S/C18H25NO/c1-19-10-9-18-8-4-3-5-15(18)17(19)11-13-6-7-14(20-2)12-16(13)18/h6-7,12,15,17H,3-5,8-11H2,1-2H3/t15?,17-,18-/m0/s1/i17D. The van der Waals surface area contributed by atoms with Crippen molar-refractivity contribution >= 4 is 0 Å². The fraction of sp³-hybridized carbons (Fsp3) is 0.667. The van der Waals surface area contributed by atoms with Crippen LogP contribution in [0.3, 0.4) is 0 Å². The van der Waals surface area contributed by atoms with Gasteiger partial charge in [0.2, 0.25) is 0 Å². The maximum Gasteiger partial charge on any atom is 0.119 e. The molecule has 3 atom stereocenters. The van der Waals surface area contributed by atoms with Gasteiger partial charge in [-0.1, -0.05) is 18.9 Å². The van der Waals surface area contributed by atoms with Crippen LogP contribution in [0.1, 0.15) is 44.6 Å². The van der Waals surface area contributed by atoms with Crippen LogP contribution in [-0.2, 0) is 11.8 Å². The number of ether oxygens (including phenoxy) is 1. The molecule has 1 aromatic rings. The van der Waals surface area contributed by atoms with Crippen LogP contribution >= 0.6 is 0 Å². The fourth-order valence-electron chi connectivity index (χ4n) is 5.01. The lowest BCUT2D eigenvalue weighted by Crippen LogP contribution is -2.59. The highest BCUT2D eigenvalue weighted by atomic mass is 16.5. The minimum Gasteiger partial charge on any atom is -0.497 e. The molecule has 4 rings (SSSR count). The third kappa shape index (κ3) is 1.60. The Kier molecular flexibility index (Phi) is 2.61. The second kappa shape index (κ2) is 4.49. The number of nitrogens with zero attached hydrogens (tertiary/aromatic N) is 1. The Labute approximate surface area is 123 Å². The van der Waals surface area contributed by atoms with Crippen LogP contribution in [0.25, 0.3) is 0 Å². The number of benzene rings is 1. The monoisotopic (exact) mass is 272 g/mol. The first-order chi connectivity index (χ1) is 10.1. The normalized spacial score (nSPS) is 40.5. The van der Waals surface area contributed by atoms with E-state index in [0.717, 1.165) is 18.7 Å². The van der Waals surface area contributed by atoms with Gasteiger partial charge < -0.3 is 9.64 Å². The summed E-state index contributed by atoms with van der Waals surface area (Å²) < 4.78 is 14.7. The molecule has 1 saturated heterocycles. The molecule has 0 N–H and O–H groups in total. The molecule has 0 aromatic heterocycles. The molecule has 1 aliphatic heterocycles. The molecule has 1 heterocycles. The van der Waals surface area contributed by atoms with E-state index in [0.29, 0.717) is 5.92 Å². The molecule has 20 heavy (non-hydrogen) atoms. The average molecular weight is 272 g/mol. The van der Waals surface area contributed by atoms with Gasteiger partial charge in [0.25, 0.3) is 0 Å². The Hall–Kier alpha value is -1.02. The molecular formula is C18H25NO. The molecule has 2 heteroatoms. The zero-order chi connectivity index (χ0) is 14.7. The molecule has 1 unspecified atom stereocenters. The predicted molar refractivity (Wildman–Crippen MR) is 81.4 cm³/mol. The Morgan fingerprint density at radius 1 is 1.35 bits per heavy atom. The van der Waals surface area contributed by atoms with E-state index in [1.165, 1.54) is 43.2 Å². The Bertz CT molecular complexity index is 574. The highest BCUT2D eigenvalue weighted by Crippen LogP contribution is 2.55. The van der Waals surface area contributed by atoms with Crippen LogP contribution in [-0.4, -0.2) is 31.6 Å². The molecule has 2 bridgehead atoms. The van der Waals surface area contributed by atoms with Gasteiger partial charge in [-0.05, 0) is 68.5 Å². The number of hydrogen-bond donors (Lipinski definition) is 0. The number of rotatable bonds is 1. The van der Waals surface area contributed by atoms with Gasteiger partial charge in [-0.3, -0.25) is 0 Å². The van der Waals surface area contributed by atoms with Crippen LogP contribution in [0.4, 0.5) is 0 Å². The maximum atomic E-state index is 9.20. The average Bonchev–Trinajstić information content (AvgIpc) is 2.51. The van der Waals surface area contributed by atoms with E-state index in [9.17, 15) is 1.37 Å². The molecule has 1 saturated carbocycles. The smallest absolute Gasteiger partial charge is 0.119 e. The third-order valence-electron chi connectivity index (χ3n) is 6.04. The van der Waals surface area contributed by atoms with Crippen molar-refractivity contribution in [2.75, 3.05) is 20.7 Å². The number of hydrogen-bond acceptors (Lipinski definition) is 2. The molecular weight excluding hydrogens is 246 g/mol. The maximum absolute atomic E-state index is 9.20. The summed E-state index contributed by atoms with van der Waals surface area (Å²) in [6.07, 6.45) is 7.15. The number of methoxy groups -OCH3 is 1. The lowest BCUT2D eigenvalue weighted by atomic mass is 9.52. The van der Waals surface area contributed by atoms with E-state index < -0.39 is 6.02 Å². The summed E-state index contributed by atoms with van der Waals surface area (Å²) in [4.78, 5) is 2.31. The van der Waals surface area contributed by atoms with Crippen LogP contribution in [0, 0.1) is 5.92 Å². The van der Waals surface area contributed by atoms with Crippen molar-refractivity contribution < 1.29 is 6.11 Å². The summed E-state index contributed by atoms with van der Waals surface area (Å²) in [6.45, 7) is 1.05. The molecule has 2 nitrogen and oxygen atoms in total. The zero-order valence-electron chi connectivity index (χ0n) is 13.6. The summed E-state index contributed by atoms with van der Waals surface area (Å²) in [5.74, 6) is 1.46. The second-order valence-corrected chi connectivity index (χ2v) is 6.82. The number of piperidine rings is 1. The van der Waals surface area contributed by atoms with E-state index in [1.807, 2.05) is 0 Å². The van der Waals surface area contributed by atoms with Crippen molar-refractivity contribution in [1.29, 1.82) is 0 Å². The molecule has 0 radical (unpaired) electrons. The van der Waals surface area contributed by atoms with E-state index >= 15 is 0 Å². The van der Waals surface area contributed by atoms with Gasteiger partial charge in [0.15, 0.2) is 0 Å². The lowest BCUT2D eigenvalue weighted by molar-refractivity contribution is 0.00274. The van der Waals surface area contributed by atoms with Gasteiger partial charge in [-0.25, -0.2) is 0 Å². The van der Waals surface area contributed by atoms with Crippen molar-refractivity contribution in [3.8, 4) is 5.75 Å². The van der Waals surface area contributed by atoms with E-state index in [4.69, 9.17) is 4.74 Å². The van der Waals surface area contributed by atoms with E-state index in [1.54, 1.807) is 7.11 Å². The van der Waals surface area contributed by atoms with E-state index in [-0.39, 0.29) is 5.41 Å². The largest absolute Gasteiger partial charge is 0.497 e.